The van der Waals surface area contributed by atoms with Gasteiger partial charge in [-0.25, -0.2) is 14.4 Å². The number of carbonyl (C=O) groups is 1. The van der Waals surface area contributed by atoms with E-state index in [4.69, 9.17) is 5.26 Å². The standard InChI is InChI=1S/C18H12FN5O/c19-13-5-3-6-14(10-13)22-18-21-9-8-16(24-18)17(25)23-15-7-2-1-4-12(15)11-20/h1-10H,(H,23,25)(H,21,22,24). The molecule has 1 aromatic heterocycles. The van der Waals surface area contributed by atoms with Crippen molar-refractivity contribution in [1.29, 1.82) is 5.26 Å². The molecule has 122 valence electrons. The average Bonchev–Trinajstić information content (AvgIpc) is 2.62. The minimum Gasteiger partial charge on any atom is -0.324 e. The summed E-state index contributed by atoms with van der Waals surface area (Å²) in [5.74, 6) is -0.716. The monoisotopic (exact) mass is 333 g/mol. The SMILES string of the molecule is N#Cc1ccccc1NC(=O)c1ccnc(Nc2cccc(F)c2)n1. The number of halogens is 1. The molecule has 0 fully saturated rings. The van der Waals surface area contributed by atoms with Crippen LogP contribution < -0.4 is 10.6 Å². The molecule has 0 aliphatic rings. The van der Waals surface area contributed by atoms with E-state index in [9.17, 15) is 9.18 Å². The van der Waals surface area contributed by atoms with Gasteiger partial charge in [-0.3, -0.25) is 4.79 Å². The second kappa shape index (κ2) is 7.19. The lowest BCUT2D eigenvalue weighted by atomic mass is 10.2. The van der Waals surface area contributed by atoms with Crippen LogP contribution in [0.5, 0.6) is 0 Å². The molecule has 1 heterocycles. The van der Waals surface area contributed by atoms with Gasteiger partial charge in [0.15, 0.2) is 0 Å². The molecular weight excluding hydrogens is 321 g/mol. The summed E-state index contributed by atoms with van der Waals surface area (Å²) < 4.78 is 13.2. The predicted molar refractivity (Wildman–Crippen MR) is 90.8 cm³/mol. The highest BCUT2D eigenvalue weighted by Crippen LogP contribution is 2.16. The normalized spacial score (nSPS) is 9.92. The van der Waals surface area contributed by atoms with Crippen LogP contribution in [0, 0.1) is 17.1 Å². The van der Waals surface area contributed by atoms with Crippen LogP contribution in [0.4, 0.5) is 21.7 Å². The van der Waals surface area contributed by atoms with Gasteiger partial charge in [0, 0.05) is 11.9 Å². The fraction of sp³-hybridized carbons (Fsp3) is 0. The van der Waals surface area contributed by atoms with Gasteiger partial charge in [-0.2, -0.15) is 5.26 Å². The number of rotatable bonds is 4. The first kappa shape index (κ1) is 16.1. The molecule has 25 heavy (non-hydrogen) atoms. The van der Waals surface area contributed by atoms with Crippen molar-refractivity contribution in [1.82, 2.24) is 9.97 Å². The van der Waals surface area contributed by atoms with Crippen LogP contribution in [-0.2, 0) is 0 Å². The maximum Gasteiger partial charge on any atom is 0.274 e. The Bertz CT molecular complexity index is 967. The third-order valence-corrected chi connectivity index (χ3v) is 3.26. The summed E-state index contributed by atoms with van der Waals surface area (Å²) in [6.45, 7) is 0. The minimum absolute atomic E-state index is 0.113. The van der Waals surface area contributed by atoms with Gasteiger partial charge in [0.05, 0.1) is 11.3 Å². The van der Waals surface area contributed by atoms with Gasteiger partial charge >= 0.3 is 0 Å². The van der Waals surface area contributed by atoms with Gasteiger partial charge in [0.1, 0.15) is 17.6 Å². The molecule has 6 nitrogen and oxygen atoms in total. The summed E-state index contributed by atoms with van der Waals surface area (Å²) in [5, 5.41) is 14.5. The molecule has 0 saturated carbocycles. The Morgan fingerprint density at radius 2 is 1.96 bits per heavy atom. The summed E-state index contributed by atoms with van der Waals surface area (Å²) in [4.78, 5) is 20.5. The van der Waals surface area contributed by atoms with E-state index in [1.807, 2.05) is 6.07 Å². The van der Waals surface area contributed by atoms with E-state index in [0.29, 0.717) is 16.9 Å². The van der Waals surface area contributed by atoms with Crippen LogP contribution in [0.15, 0.2) is 60.8 Å². The highest BCUT2D eigenvalue weighted by Gasteiger charge is 2.11. The average molecular weight is 333 g/mol. The van der Waals surface area contributed by atoms with Crippen molar-refractivity contribution in [2.45, 2.75) is 0 Å². The van der Waals surface area contributed by atoms with Gasteiger partial charge in [-0.05, 0) is 36.4 Å². The number of anilines is 3. The number of aromatic nitrogens is 2. The Morgan fingerprint density at radius 3 is 2.76 bits per heavy atom. The maximum atomic E-state index is 13.2. The summed E-state index contributed by atoms with van der Waals surface area (Å²) >= 11 is 0. The number of nitrogens with one attached hydrogen (secondary N) is 2. The van der Waals surface area contributed by atoms with E-state index >= 15 is 0 Å². The predicted octanol–water partition coefficient (Wildman–Crippen LogP) is 3.48. The van der Waals surface area contributed by atoms with Gasteiger partial charge in [0.25, 0.3) is 5.91 Å². The molecule has 0 saturated heterocycles. The molecule has 2 aromatic carbocycles. The Morgan fingerprint density at radius 1 is 1.12 bits per heavy atom. The third kappa shape index (κ3) is 3.95. The van der Waals surface area contributed by atoms with E-state index < -0.39 is 11.7 Å². The summed E-state index contributed by atoms with van der Waals surface area (Å²) in [6.07, 6.45) is 1.42. The second-order valence-electron chi connectivity index (χ2n) is 5.01. The molecule has 0 atom stereocenters. The van der Waals surface area contributed by atoms with E-state index in [-0.39, 0.29) is 11.6 Å². The van der Waals surface area contributed by atoms with Crippen LogP contribution in [0.3, 0.4) is 0 Å². The number of nitriles is 1. The molecule has 0 unspecified atom stereocenters. The van der Waals surface area contributed by atoms with E-state index in [1.165, 1.54) is 24.4 Å². The summed E-state index contributed by atoms with van der Waals surface area (Å²) in [7, 11) is 0. The lowest BCUT2D eigenvalue weighted by Gasteiger charge is -2.08. The lowest BCUT2D eigenvalue weighted by molar-refractivity contribution is 0.102. The van der Waals surface area contributed by atoms with E-state index in [0.717, 1.165) is 0 Å². The molecule has 2 N–H and O–H groups in total. The number of amides is 1. The van der Waals surface area contributed by atoms with Crippen molar-refractivity contribution in [2.75, 3.05) is 10.6 Å². The van der Waals surface area contributed by atoms with Crippen molar-refractivity contribution in [2.24, 2.45) is 0 Å². The molecule has 1 amide bonds. The molecule has 0 spiro atoms. The van der Waals surface area contributed by atoms with Crippen molar-refractivity contribution in [3.05, 3.63) is 77.9 Å². The Balaban J connectivity index is 1.79. The largest absolute Gasteiger partial charge is 0.324 e. The van der Waals surface area contributed by atoms with Crippen LogP contribution >= 0.6 is 0 Å². The first-order chi connectivity index (χ1) is 12.2. The molecule has 0 bridgehead atoms. The van der Waals surface area contributed by atoms with E-state index in [1.54, 1.807) is 36.4 Å². The zero-order chi connectivity index (χ0) is 17.6. The number of para-hydroxylation sites is 1. The highest BCUT2D eigenvalue weighted by atomic mass is 19.1. The number of carbonyl (C=O) groups excluding carboxylic acids is 1. The fourth-order valence-electron chi connectivity index (χ4n) is 2.12. The highest BCUT2D eigenvalue weighted by molar-refractivity contribution is 6.03. The lowest BCUT2D eigenvalue weighted by Crippen LogP contribution is -2.15. The van der Waals surface area contributed by atoms with Crippen LogP contribution in [-0.4, -0.2) is 15.9 Å². The number of hydrogen-bond donors (Lipinski definition) is 2. The van der Waals surface area contributed by atoms with Gasteiger partial charge < -0.3 is 10.6 Å². The second-order valence-corrected chi connectivity index (χ2v) is 5.01. The number of nitrogens with zero attached hydrogens (tertiary/aromatic N) is 3. The Kier molecular flexibility index (Phi) is 4.62. The first-order valence-electron chi connectivity index (χ1n) is 7.32. The van der Waals surface area contributed by atoms with Crippen LogP contribution in [0.25, 0.3) is 0 Å². The topological polar surface area (TPSA) is 90.7 Å². The number of benzene rings is 2. The molecule has 3 rings (SSSR count). The summed E-state index contributed by atoms with van der Waals surface area (Å²) in [6, 6.07) is 15.9. The molecular formula is C18H12FN5O. The van der Waals surface area contributed by atoms with Crippen LogP contribution in [0.2, 0.25) is 0 Å². The van der Waals surface area contributed by atoms with Crippen molar-refractivity contribution in [3.63, 3.8) is 0 Å². The maximum absolute atomic E-state index is 13.2. The van der Waals surface area contributed by atoms with Gasteiger partial charge in [-0.1, -0.05) is 18.2 Å². The molecule has 0 aliphatic heterocycles. The zero-order valence-corrected chi connectivity index (χ0v) is 12.9. The Labute approximate surface area is 143 Å². The minimum atomic E-state index is -0.479. The molecule has 0 aliphatic carbocycles. The summed E-state index contributed by atoms with van der Waals surface area (Å²) in [5.41, 5.74) is 1.32. The quantitative estimate of drug-likeness (QED) is 0.763. The first-order valence-corrected chi connectivity index (χ1v) is 7.32. The van der Waals surface area contributed by atoms with Gasteiger partial charge in [0.2, 0.25) is 5.95 Å². The molecule has 7 heteroatoms. The molecule has 3 aromatic rings. The fourth-order valence-corrected chi connectivity index (χ4v) is 2.12. The number of hydrogen-bond acceptors (Lipinski definition) is 5. The van der Waals surface area contributed by atoms with Gasteiger partial charge in [-0.15, -0.1) is 0 Å². The smallest absolute Gasteiger partial charge is 0.274 e. The van der Waals surface area contributed by atoms with Crippen molar-refractivity contribution in [3.8, 4) is 6.07 Å². The zero-order valence-electron chi connectivity index (χ0n) is 12.9. The van der Waals surface area contributed by atoms with Crippen molar-refractivity contribution >= 4 is 23.2 Å². The molecule has 0 radical (unpaired) electrons. The van der Waals surface area contributed by atoms with Crippen molar-refractivity contribution < 1.29 is 9.18 Å². The third-order valence-electron chi connectivity index (χ3n) is 3.26. The van der Waals surface area contributed by atoms with E-state index in [2.05, 4.69) is 20.6 Å². The van der Waals surface area contributed by atoms with Crippen LogP contribution in [0.1, 0.15) is 16.1 Å². The Hall–Kier alpha value is -3.79.